The molecule has 0 aromatic rings. The van der Waals surface area contributed by atoms with Crippen molar-refractivity contribution in [2.75, 3.05) is 45.9 Å². The van der Waals surface area contributed by atoms with Gasteiger partial charge in [0.25, 0.3) is 0 Å². The average Bonchev–Trinajstić information content (AvgIpc) is 3.43. The van der Waals surface area contributed by atoms with E-state index in [2.05, 4.69) is 31.4 Å². The van der Waals surface area contributed by atoms with Crippen molar-refractivity contribution in [3.05, 3.63) is 12.7 Å². The molecule has 4 saturated carbocycles. The molecular formula is C30H51BrN2O3. The van der Waals surface area contributed by atoms with E-state index in [4.69, 9.17) is 4.74 Å². The standard InChI is InChI=1S/C30H51N2O3.BrH/c1-4-13-32(14-5-6-15-32)26-19-24-22-8-7-21-18-27(33)25(31-11-16-35-17-12-31)20-30(21,3)23(22)9-10-29(24,2)28(26)34;/h4,21-28,33-34H,1,5-20H2,2-3H3;1H/q+1;/p-1/t21-,22+,23-,24-,25-,26-,27-,28-,29+,30+;/m0./s1. The number of aliphatic hydroxyl groups excluding tert-OH is 2. The Morgan fingerprint density at radius 2 is 1.72 bits per heavy atom. The molecule has 6 heteroatoms. The van der Waals surface area contributed by atoms with Gasteiger partial charge in [0, 0.05) is 43.8 Å². The fraction of sp³-hybridized carbons (Fsp3) is 0.933. The van der Waals surface area contributed by atoms with Gasteiger partial charge in [0.1, 0.15) is 12.1 Å². The van der Waals surface area contributed by atoms with Crippen LogP contribution in [0.15, 0.2) is 12.7 Å². The molecule has 4 aliphatic carbocycles. The van der Waals surface area contributed by atoms with Gasteiger partial charge in [-0.3, -0.25) is 4.90 Å². The van der Waals surface area contributed by atoms with Crippen LogP contribution >= 0.6 is 0 Å². The Morgan fingerprint density at radius 1 is 1.00 bits per heavy atom. The molecule has 0 aromatic heterocycles. The van der Waals surface area contributed by atoms with Gasteiger partial charge in [-0.1, -0.05) is 20.4 Å². The first kappa shape index (κ1) is 27.6. The van der Waals surface area contributed by atoms with E-state index >= 15 is 0 Å². The summed E-state index contributed by atoms with van der Waals surface area (Å²) in [6.45, 7) is 16.2. The summed E-state index contributed by atoms with van der Waals surface area (Å²) in [5, 5.41) is 23.1. The van der Waals surface area contributed by atoms with Crippen molar-refractivity contribution in [1.29, 1.82) is 0 Å². The molecule has 0 radical (unpaired) electrons. The largest absolute Gasteiger partial charge is 1.00 e. The summed E-state index contributed by atoms with van der Waals surface area (Å²) < 4.78 is 6.73. The second-order valence-electron chi connectivity index (χ2n) is 14.0. The first-order valence-electron chi connectivity index (χ1n) is 15.0. The van der Waals surface area contributed by atoms with Crippen molar-refractivity contribution >= 4 is 0 Å². The van der Waals surface area contributed by atoms with Crippen LogP contribution in [0.2, 0.25) is 0 Å². The number of fused-ring (bicyclic) bond motifs is 5. The van der Waals surface area contributed by atoms with Crippen molar-refractivity contribution in [3.8, 4) is 0 Å². The predicted octanol–water partition coefficient (Wildman–Crippen LogP) is 0.841. The maximum absolute atomic E-state index is 11.9. The Labute approximate surface area is 230 Å². The first-order valence-corrected chi connectivity index (χ1v) is 15.0. The third-order valence-electron chi connectivity index (χ3n) is 12.8. The number of rotatable bonds is 4. The number of nitrogens with zero attached hydrogens (tertiary/aromatic N) is 2. The molecule has 2 aliphatic heterocycles. The molecule has 2 N–H and O–H groups in total. The van der Waals surface area contributed by atoms with Gasteiger partial charge in [-0.05, 0) is 73.7 Å². The normalized spacial score (nSPS) is 50.4. The highest BCUT2D eigenvalue weighted by molar-refractivity contribution is 5.13. The van der Waals surface area contributed by atoms with E-state index in [1.54, 1.807) is 0 Å². The lowest BCUT2D eigenvalue weighted by molar-refractivity contribution is -0.938. The first-order chi connectivity index (χ1) is 16.8. The fourth-order valence-corrected chi connectivity index (χ4v) is 10.9. The minimum Gasteiger partial charge on any atom is -1.00 e. The highest BCUT2D eigenvalue weighted by atomic mass is 79.9. The van der Waals surface area contributed by atoms with Crippen molar-refractivity contribution < 1.29 is 36.4 Å². The van der Waals surface area contributed by atoms with Crippen LogP contribution in [0.25, 0.3) is 0 Å². The topological polar surface area (TPSA) is 52.9 Å². The zero-order valence-corrected chi connectivity index (χ0v) is 24.4. The van der Waals surface area contributed by atoms with Crippen molar-refractivity contribution in [2.24, 2.45) is 34.5 Å². The lowest BCUT2D eigenvalue weighted by atomic mass is 9.44. The van der Waals surface area contributed by atoms with Gasteiger partial charge in [-0.25, -0.2) is 0 Å². The molecule has 2 heterocycles. The third-order valence-corrected chi connectivity index (χ3v) is 12.8. The summed E-state index contributed by atoms with van der Waals surface area (Å²) in [6.07, 6.45) is 12.7. The molecule has 0 aromatic carbocycles. The lowest BCUT2D eigenvalue weighted by Crippen LogP contribution is -3.00. The van der Waals surface area contributed by atoms with E-state index in [-0.39, 0.29) is 34.6 Å². The molecule has 0 bridgehead atoms. The van der Waals surface area contributed by atoms with Crippen LogP contribution in [-0.2, 0) is 4.74 Å². The van der Waals surface area contributed by atoms with Crippen LogP contribution in [0, 0.1) is 34.5 Å². The Bertz CT molecular complexity index is 799. The minimum absolute atomic E-state index is 0. The Morgan fingerprint density at radius 3 is 2.42 bits per heavy atom. The summed E-state index contributed by atoms with van der Waals surface area (Å²) in [5.74, 6) is 2.78. The molecular weight excluding hydrogens is 516 g/mol. The van der Waals surface area contributed by atoms with Crippen LogP contribution < -0.4 is 17.0 Å². The van der Waals surface area contributed by atoms with E-state index in [1.807, 2.05) is 0 Å². The van der Waals surface area contributed by atoms with Gasteiger partial charge >= 0.3 is 0 Å². The third kappa shape index (κ3) is 4.11. The molecule has 5 nitrogen and oxygen atoms in total. The number of hydrogen-bond donors (Lipinski definition) is 2. The summed E-state index contributed by atoms with van der Waals surface area (Å²) in [5.41, 5.74) is 0.387. The molecule has 6 rings (SSSR count). The van der Waals surface area contributed by atoms with Gasteiger partial charge in [0.2, 0.25) is 0 Å². The number of ether oxygens (including phenoxy) is 1. The van der Waals surface area contributed by atoms with Gasteiger partial charge in [-0.2, -0.15) is 0 Å². The Hall–Kier alpha value is 0.0200. The summed E-state index contributed by atoms with van der Waals surface area (Å²) >= 11 is 0. The predicted molar refractivity (Wildman–Crippen MR) is 139 cm³/mol. The van der Waals surface area contributed by atoms with Crippen LogP contribution in [-0.4, -0.2) is 89.8 Å². The van der Waals surface area contributed by atoms with Crippen LogP contribution in [0.4, 0.5) is 0 Å². The second-order valence-corrected chi connectivity index (χ2v) is 14.0. The zero-order valence-electron chi connectivity index (χ0n) is 22.8. The molecule has 0 amide bonds. The number of likely N-dealkylation sites (tertiary alicyclic amines) is 1. The van der Waals surface area contributed by atoms with Crippen LogP contribution in [0.5, 0.6) is 0 Å². The molecule has 206 valence electrons. The molecule has 6 fully saturated rings. The van der Waals surface area contributed by atoms with Gasteiger partial charge in [0.15, 0.2) is 0 Å². The Kier molecular flexibility index (Phi) is 7.82. The SMILES string of the molecule is C=CC[N+]1([C@H]2C[C@H]3[C@@H]4CC[C@H]5C[C@H](O)[C@@H](N6CCOCC6)C[C@@]5(C)[C@H]4CC[C@@]3(C)[C@H]2O)CCCC1.[Br-]. The zero-order chi connectivity index (χ0) is 24.4. The number of hydrogen-bond acceptors (Lipinski definition) is 4. The Balaban J connectivity index is 0.00000267. The van der Waals surface area contributed by atoms with E-state index in [0.717, 1.165) is 62.0 Å². The van der Waals surface area contributed by atoms with Crippen molar-refractivity contribution in [1.82, 2.24) is 4.90 Å². The lowest BCUT2D eigenvalue weighted by Gasteiger charge is -2.62. The molecule has 2 saturated heterocycles. The number of aliphatic hydroxyl groups is 2. The maximum Gasteiger partial charge on any atom is 0.116 e. The number of morpholine rings is 1. The average molecular weight is 568 g/mol. The molecule has 0 spiro atoms. The second kappa shape index (κ2) is 10.2. The summed E-state index contributed by atoms with van der Waals surface area (Å²) in [4.78, 5) is 2.54. The highest BCUT2D eigenvalue weighted by Crippen LogP contribution is 2.67. The smallest absolute Gasteiger partial charge is 0.116 e. The number of halogens is 1. The molecule has 6 aliphatic rings. The fourth-order valence-electron chi connectivity index (χ4n) is 10.9. The monoisotopic (exact) mass is 566 g/mol. The number of quaternary nitrogens is 1. The minimum atomic E-state index is -0.187. The van der Waals surface area contributed by atoms with Crippen LogP contribution in [0.3, 0.4) is 0 Å². The van der Waals surface area contributed by atoms with Crippen molar-refractivity contribution in [2.45, 2.75) is 95.9 Å². The van der Waals surface area contributed by atoms with E-state index < -0.39 is 0 Å². The summed E-state index contributed by atoms with van der Waals surface area (Å²) in [6, 6.07) is 0.684. The van der Waals surface area contributed by atoms with E-state index in [0.29, 0.717) is 29.3 Å². The van der Waals surface area contributed by atoms with E-state index in [9.17, 15) is 10.2 Å². The molecule has 0 unspecified atom stereocenters. The quantitative estimate of drug-likeness (QED) is 0.391. The summed E-state index contributed by atoms with van der Waals surface area (Å²) in [7, 11) is 0. The molecule has 36 heavy (non-hydrogen) atoms. The van der Waals surface area contributed by atoms with Gasteiger partial charge < -0.3 is 36.4 Å². The maximum atomic E-state index is 11.9. The highest BCUT2D eigenvalue weighted by Gasteiger charge is 2.66. The van der Waals surface area contributed by atoms with E-state index in [1.165, 1.54) is 58.0 Å². The van der Waals surface area contributed by atoms with Crippen molar-refractivity contribution in [3.63, 3.8) is 0 Å². The van der Waals surface area contributed by atoms with Gasteiger partial charge in [0.05, 0.1) is 39.0 Å². The molecule has 10 atom stereocenters. The van der Waals surface area contributed by atoms with Crippen LogP contribution in [0.1, 0.15) is 71.6 Å². The van der Waals surface area contributed by atoms with Gasteiger partial charge in [-0.15, -0.1) is 0 Å².